The summed E-state index contributed by atoms with van der Waals surface area (Å²) in [6.07, 6.45) is 0. The van der Waals surface area contributed by atoms with Crippen molar-refractivity contribution in [3.05, 3.63) is 38.8 Å². The van der Waals surface area contributed by atoms with Crippen LogP contribution in [0.25, 0.3) is 11.3 Å². The predicted molar refractivity (Wildman–Crippen MR) is 61.7 cm³/mol. The molecule has 0 aliphatic heterocycles. The fraction of sp³-hybridized carbons (Fsp3) is 0. The van der Waals surface area contributed by atoms with E-state index in [9.17, 15) is 22.0 Å². The predicted octanol–water partition coefficient (Wildman–Crippen LogP) is 1.03. The largest absolute Gasteiger partial charge is 0.312 e. The highest BCUT2D eigenvalue weighted by Gasteiger charge is 2.21. The zero-order valence-electron chi connectivity index (χ0n) is 8.61. The van der Waals surface area contributed by atoms with Crippen molar-refractivity contribution in [1.82, 2.24) is 4.98 Å². The Morgan fingerprint density at radius 1 is 1.22 bits per heavy atom. The lowest BCUT2D eigenvalue weighted by Crippen LogP contribution is -2.16. The Balaban J connectivity index is 2.67. The molecule has 2 rings (SSSR count). The van der Waals surface area contributed by atoms with Crippen LogP contribution in [-0.4, -0.2) is 13.4 Å². The number of nitrogens with one attached hydrogen (secondary N) is 1. The summed E-state index contributed by atoms with van der Waals surface area (Å²) in [5, 5.41) is 6.06. The number of benzene rings is 1. The molecule has 1 aromatic heterocycles. The second kappa shape index (κ2) is 4.26. The van der Waals surface area contributed by atoms with Crippen LogP contribution in [0.5, 0.6) is 0 Å². The fourth-order valence-electron chi connectivity index (χ4n) is 1.41. The lowest BCUT2D eigenvalue weighted by molar-refractivity contribution is 0.520. The first kappa shape index (κ1) is 12.9. The van der Waals surface area contributed by atoms with E-state index in [-0.39, 0.29) is 16.1 Å². The molecule has 0 radical (unpaired) electrons. The van der Waals surface area contributed by atoms with Crippen LogP contribution >= 0.6 is 11.3 Å². The third kappa shape index (κ3) is 2.33. The van der Waals surface area contributed by atoms with Crippen molar-refractivity contribution in [2.24, 2.45) is 5.14 Å². The number of primary sulfonamides is 1. The summed E-state index contributed by atoms with van der Waals surface area (Å²) < 4.78 is 49.0. The van der Waals surface area contributed by atoms with Gasteiger partial charge in [-0.3, -0.25) is 4.79 Å². The van der Waals surface area contributed by atoms with Gasteiger partial charge in [0.05, 0.1) is 5.69 Å². The van der Waals surface area contributed by atoms with E-state index < -0.39 is 26.6 Å². The third-order valence-corrected chi connectivity index (χ3v) is 3.74. The molecular weight excluding hydrogens is 286 g/mol. The normalized spacial score (nSPS) is 11.7. The Morgan fingerprint density at radius 2 is 1.78 bits per heavy atom. The number of aromatic amines is 1. The van der Waals surface area contributed by atoms with E-state index in [4.69, 9.17) is 0 Å². The molecule has 96 valence electrons. The molecule has 18 heavy (non-hydrogen) atoms. The van der Waals surface area contributed by atoms with Crippen molar-refractivity contribution in [1.29, 1.82) is 0 Å². The highest BCUT2D eigenvalue weighted by atomic mass is 32.2. The quantitative estimate of drug-likeness (QED) is 0.865. The Kier molecular flexibility index (Phi) is 3.05. The van der Waals surface area contributed by atoms with Crippen LogP contribution in [0.3, 0.4) is 0 Å². The summed E-state index contributed by atoms with van der Waals surface area (Å²) in [6, 6.07) is 1.58. The molecule has 5 nitrogen and oxygen atoms in total. The molecule has 0 spiro atoms. The van der Waals surface area contributed by atoms with Crippen molar-refractivity contribution in [2.45, 2.75) is 4.90 Å². The van der Waals surface area contributed by atoms with Gasteiger partial charge in [0, 0.05) is 10.9 Å². The molecular formula is C9H6F2N2O3S2. The van der Waals surface area contributed by atoms with Crippen molar-refractivity contribution < 1.29 is 17.2 Å². The molecule has 0 aliphatic carbocycles. The molecule has 9 heteroatoms. The number of hydrogen-bond acceptors (Lipinski definition) is 4. The Bertz CT molecular complexity index is 741. The number of H-pyrrole nitrogens is 1. The smallest absolute Gasteiger partial charge is 0.304 e. The summed E-state index contributed by atoms with van der Waals surface area (Å²) in [5.74, 6) is -2.61. The summed E-state index contributed by atoms with van der Waals surface area (Å²) in [6.45, 7) is 0. The van der Waals surface area contributed by atoms with Gasteiger partial charge in [-0.1, -0.05) is 11.3 Å². The fourth-order valence-corrected chi connectivity index (χ4v) is 2.66. The number of sulfonamides is 1. The van der Waals surface area contributed by atoms with Gasteiger partial charge in [0.25, 0.3) is 0 Å². The van der Waals surface area contributed by atoms with Gasteiger partial charge < -0.3 is 4.98 Å². The summed E-state index contributed by atoms with van der Waals surface area (Å²) in [7, 11) is -4.48. The molecule has 1 aromatic carbocycles. The molecule has 0 bridgehead atoms. The van der Waals surface area contributed by atoms with Gasteiger partial charge in [-0.25, -0.2) is 22.3 Å². The van der Waals surface area contributed by atoms with E-state index in [0.717, 1.165) is 23.5 Å². The van der Waals surface area contributed by atoms with Crippen LogP contribution in [0.4, 0.5) is 8.78 Å². The molecule has 0 atom stereocenters. The number of nitrogens with two attached hydrogens (primary N) is 1. The molecule has 0 amide bonds. The first-order valence-corrected chi connectivity index (χ1v) is 6.91. The minimum absolute atomic E-state index is 0.0238. The van der Waals surface area contributed by atoms with E-state index >= 15 is 0 Å². The summed E-state index contributed by atoms with van der Waals surface area (Å²) in [4.78, 5) is 11.7. The van der Waals surface area contributed by atoms with E-state index in [2.05, 4.69) is 10.1 Å². The zero-order chi connectivity index (χ0) is 13.5. The van der Waals surface area contributed by atoms with Gasteiger partial charge in [0.2, 0.25) is 10.0 Å². The minimum Gasteiger partial charge on any atom is -0.312 e. The molecule has 2 aromatic rings. The first-order valence-electron chi connectivity index (χ1n) is 4.49. The maximum Gasteiger partial charge on any atom is 0.304 e. The molecule has 1 heterocycles. The number of thiazole rings is 1. The maximum atomic E-state index is 13.5. The van der Waals surface area contributed by atoms with Crippen LogP contribution in [0.15, 0.2) is 27.2 Å². The summed E-state index contributed by atoms with van der Waals surface area (Å²) in [5.41, 5.74) is 0.222. The van der Waals surface area contributed by atoms with E-state index in [1.165, 1.54) is 5.38 Å². The topological polar surface area (TPSA) is 93.0 Å². The van der Waals surface area contributed by atoms with Crippen LogP contribution in [0.2, 0.25) is 0 Å². The highest BCUT2D eigenvalue weighted by Crippen LogP contribution is 2.25. The van der Waals surface area contributed by atoms with Crippen molar-refractivity contribution >= 4 is 21.4 Å². The van der Waals surface area contributed by atoms with Crippen molar-refractivity contribution in [2.75, 3.05) is 0 Å². The Morgan fingerprint density at radius 3 is 2.17 bits per heavy atom. The second-order valence-corrected chi connectivity index (χ2v) is 5.72. The van der Waals surface area contributed by atoms with Gasteiger partial charge in [0.15, 0.2) is 4.90 Å². The van der Waals surface area contributed by atoms with Gasteiger partial charge in [-0.15, -0.1) is 0 Å². The average Bonchev–Trinajstić information content (AvgIpc) is 2.61. The molecule has 0 aliphatic rings. The number of hydrogen-bond donors (Lipinski definition) is 2. The Labute approximate surface area is 104 Å². The second-order valence-electron chi connectivity index (χ2n) is 3.38. The molecule has 0 saturated carbocycles. The van der Waals surface area contributed by atoms with E-state index in [1.54, 1.807) is 0 Å². The SMILES string of the molecule is NS(=O)(=O)c1c(F)cc(-c2csc(=O)[nH]2)cc1F. The minimum atomic E-state index is -4.48. The Hall–Kier alpha value is -1.58. The van der Waals surface area contributed by atoms with Crippen molar-refractivity contribution in [3.8, 4) is 11.3 Å². The molecule has 0 fully saturated rings. The monoisotopic (exact) mass is 292 g/mol. The van der Waals surface area contributed by atoms with Gasteiger partial charge in [-0.2, -0.15) is 0 Å². The van der Waals surface area contributed by atoms with Gasteiger partial charge >= 0.3 is 4.87 Å². The van der Waals surface area contributed by atoms with Crippen molar-refractivity contribution in [3.63, 3.8) is 0 Å². The maximum absolute atomic E-state index is 13.5. The van der Waals surface area contributed by atoms with Gasteiger partial charge in [0.1, 0.15) is 11.6 Å². The van der Waals surface area contributed by atoms with Crippen LogP contribution < -0.4 is 10.0 Å². The number of aromatic nitrogens is 1. The number of rotatable bonds is 2. The van der Waals surface area contributed by atoms with Crippen LogP contribution in [0, 0.1) is 11.6 Å². The number of halogens is 2. The third-order valence-electron chi connectivity index (χ3n) is 2.11. The first-order chi connectivity index (χ1) is 8.29. The standard InChI is InChI=1S/C9H6F2N2O3S2/c10-5-1-4(7-3-17-9(14)13-7)2-6(11)8(5)18(12,15)16/h1-3H,(H,13,14)(H2,12,15,16). The lowest BCUT2D eigenvalue weighted by Gasteiger charge is -2.05. The molecule has 3 N–H and O–H groups in total. The van der Waals surface area contributed by atoms with Crippen LogP contribution in [0.1, 0.15) is 0 Å². The lowest BCUT2D eigenvalue weighted by atomic mass is 10.1. The van der Waals surface area contributed by atoms with Gasteiger partial charge in [-0.05, 0) is 12.1 Å². The highest BCUT2D eigenvalue weighted by molar-refractivity contribution is 7.89. The van der Waals surface area contributed by atoms with Crippen LogP contribution in [-0.2, 0) is 10.0 Å². The average molecular weight is 292 g/mol. The molecule has 0 saturated heterocycles. The zero-order valence-corrected chi connectivity index (χ0v) is 10.2. The summed E-state index contributed by atoms with van der Waals surface area (Å²) >= 11 is 0.822. The van der Waals surface area contributed by atoms with E-state index in [1.807, 2.05) is 0 Å². The van der Waals surface area contributed by atoms with E-state index in [0.29, 0.717) is 0 Å². The molecule has 0 unspecified atom stereocenters.